The molecule has 0 aliphatic carbocycles. The standard InChI is InChI=1S/C9H13NO2/c1-4-5-9(7(2)6-10)12-8(3)11/h9H,2,4-5H2,1,3H3/t9-/m1/s1. The van der Waals surface area contributed by atoms with Crippen LogP contribution in [0, 0.1) is 11.3 Å². The average molecular weight is 167 g/mol. The Morgan fingerprint density at radius 3 is 2.67 bits per heavy atom. The van der Waals surface area contributed by atoms with Gasteiger partial charge >= 0.3 is 5.97 Å². The molecule has 1 atom stereocenters. The van der Waals surface area contributed by atoms with E-state index in [4.69, 9.17) is 10.00 Å². The highest BCUT2D eigenvalue weighted by Crippen LogP contribution is 2.10. The number of rotatable bonds is 4. The Morgan fingerprint density at radius 2 is 2.33 bits per heavy atom. The molecule has 66 valence electrons. The SMILES string of the molecule is C=C(C#N)[C@@H](CCC)OC(C)=O. The number of nitriles is 1. The zero-order valence-corrected chi connectivity index (χ0v) is 7.46. The van der Waals surface area contributed by atoms with E-state index in [1.54, 1.807) is 0 Å². The second-order valence-electron chi connectivity index (χ2n) is 2.52. The summed E-state index contributed by atoms with van der Waals surface area (Å²) < 4.78 is 4.88. The monoisotopic (exact) mass is 167 g/mol. The summed E-state index contributed by atoms with van der Waals surface area (Å²) in [4.78, 5) is 10.6. The van der Waals surface area contributed by atoms with Gasteiger partial charge in [0, 0.05) is 6.92 Å². The summed E-state index contributed by atoms with van der Waals surface area (Å²) in [6.07, 6.45) is 1.09. The summed E-state index contributed by atoms with van der Waals surface area (Å²) in [5, 5.41) is 8.50. The third kappa shape index (κ3) is 3.77. The number of esters is 1. The Morgan fingerprint density at radius 1 is 1.75 bits per heavy atom. The molecule has 0 N–H and O–H groups in total. The van der Waals surface area contributed by atoms with Crippen molar-refractivity contribution >= 4 is 5.97 Å². The molecule has 0 unspecified atom stereocenters. The first-order valence-corrected chi connectivity index (χ1v) is 3.88. The van der Waals surface area contributed by atoms with Crippen LogP contribution in [0.15, 0.2) is 12.2 Å². The first-order valence-electron chi connectivity index (χ1n) is 3.88. The van der Waals surface area contributed by atoms with E-state index < -0.39 is 6.10 Å². The van der Waals surface area contributed by atoms with Crippen molar-refractivity contribution in [2.75, 3.05) is 0 Å². The fraction of sp³-hybridized carbons (Fsp3) is 0.556. The average Bonchev–Trinajstić information content (AvgIpc) is 2.01. The van der Waals surface area contributed by atoms with Crippen LogP contribution in [0.3, 0.4) is 0 Å². The van der Waals surface area contributed by atoms with Crippen molar-refractivity contribution in [3.8, 4) is 6.07 Å². The fourth-order valence-electron chi connectivity index (χ4n) is 0.839. The van der Waals surface area contributed by atoms with Gasteiger partial charge in [-0.05, 0) is 6.42 Å². The van der Waals surface area contributed by atoms with Crippen LogP contribution in [0.2, 0.25) is 0 Å². The smallest absolute Gasteiger partial charge is 0.303 e. The van der Waals surface area contributed by atoms with Crippen LogP contribution in [0.5, 0.6) is 0 Å². The van der Waals surface area contributed by atoms with Crippen molar-refractivity contribution in [2.45, 2.75) is 32.8 Å². The van der Waals surface area contributed by atoms with E-state index in [0.29, 0.717) is 12.0 Å². The summed E-state index contributed by atoms with van der Waals surface area (Å²) in [6.45, 7) is 6.79. The maximum absolute atomic E-state index is 10.6. The minimum absolute atomic E-state index is 0.312. The van der Waals surface area contributed by atoms with Crippen LogP contribution in [0.25, 0.3) is 0 Å². The Kier molecular flexibility index (Phi) is 4.78. The Labute approximate surface area is 72.6 Å². The summed E-state index contributed by atoms with van der Waals surface area (Å²) in [6, 6.07) is 1.88. The van der Waals surface area contributed by atoms with Gasteiger partial charge in [-0.15, -0.1) is 0 Å². The van der Waals surface area contributed by atoms with Crippen LogP contribution < -0.4 is 0 Å². The van der Waals surface area contributed by atoms with Gasteiger partial charge in [0.15, 0.2) is 0 Å². The van der Waals surface area contributed by atoms with Crippen molar-refractivity contribution in [3.05, 3.63) is 12.2 Å². The third-order valence-corrected chi connectivity index (χ3v) is 1.39. The lowest BCUT2D eigenvalue weighted by Gasteiger charge is -2.13. The summed E-state index contributed by atoms with van der Waals surface area (Å²) in [7, 11) is 0. The largest absolute Gasteiger partial charge is 0.457 e. The molecule has 0 aromatic heterocycles. The topological polar surface area (TPSA) is 50.1 Å². The van der Waals surface area contributed by atoms with Gasteiger partial charge in [-0.1, -0.05) is 19.9 Å². The number of nitrogens with zero attached hydrogens (tertiary/aromatic N) is 1. The second kappa shape index (κ2) is 5.36. The van der Waals surface area contributed by atoms with Crippen LogP contribution in [-0.4, -0.2) is 12.1 Å². The number of hydrogen-bond donors (Lipinski definition) is 0. The van der Waals surface area contributed by atoms with Crippen LogP contribution in [0.1, 0.15) is 26.7 Å². The lowest BCUT2D eigenvalue weighted by molar-refractivity contribution is -0.144. The zero-order valence-electron chi connectivity index (χ0n) is 7.46. The van der Waals surface area contributed by atoms with E-state index in [-0.39, 0.29) is 5.97 Å². The number of hydrogen-bond acceptors (Lipinski definition) is 3. The molecule has 3 nitrogen and oxygen atoms in total. The van der Waals surface area contributed by atoms with E-state index in [2.05, 4.69) is 6.58 Å². The van der Waals surface area contributed by atoms with Gasteiger partial charge < -0.3 is 4.74 Å². The first kappa shape index (κ1) is 10.7. The lowest BCUT2D eigenvalue weighted by Crippen LogP contribution is -2.17. The molecule has 0 bridgehead atoms. The van der Waals surface area contributed by atoms with Crippen molar-refractivity contribution in [2.24, 2.45) is 0 Å². The molecule has 0 saturated carbocycles. The molecule has 3 heteroatoms. The molecule has 0 heterocycles. The highest BCUT2D eigenvalue weighted by atomic mass is 16.5. The van der Waals surface area contributed by atoms with Gasteiger partial charge in [-0.2, -0.15) is 5.26 Å². The quantitative estimate of drug-likeness (QED) is 0.474. The van der Waals surface area contributed by atoms with Crippen molar-refractivity contribution in [3.63, 3.8) is 0 Å². The molecule has 0 saturated heterocycles. The number of ether oxygens (including phenoxy) is 1. The molecular formula is C9H13NO2. The van der Waals surface area contributed by atoms with Gasteiger partial charge in [-0.3, -0.25) is 4.79 Å². The molecule has 0 aliphatic rings. The van der Waals surface area contributed by atoms with E-state index in [0.717, 1.165) is 6.42 Å². The maximum atomic E-state index is 10.6. The van der Waals surface area contributed by atoms with Crippen molar-refractivity contribution in [1.29, 1.82) is 5.26 Å². The molecule has 0 aromatic carbocycles. The highest BCUT2D eigenvalue weighted by Gasteiger charge is 2.13. The molecule has 0 aromatic rings. The maximum Gasteiger partial charge on any atom is 0.303 e. The molecule has 0 radical (unpaired) electrons. The first-order chi connectivity index (χ1) is 5.61. The summed E-state index contributed by atoms with van der Waals surface area (Å²) in [5.41, 5.74) is 0.312. The molecule has 0 spiro atoms. The van der Waals surface area contributed by atoms with Gasteiger partial charge in [0.1, 0.15) is 6.10 Å². The highest BCUT2D eigenvalue weighted by molar-refractivity contribution is 5.66. The number of carbonyl (C=O) groups is 1. The van der Waals surface area contributed by atoms with E-state index in [1.165, 1.54) is 6.92 Å². The van der Waals surface area contributed by atoms with E-state index in [1.807, 2.05) is 13.0 Å². The molecule has 0 fully saturated rings. The van der Waals surface area contributed by atoms with Crippen LogP contribution >= 0.6 is 0 Å². The predicted octanol–water partition coefficient (Wildman–Crippen LogP) is 1.80. The van der Waals surface area contributed by atoms with Crippen molar-refractivity contribution in [1.82, 2.24) is 0 Å². The van der Waals surface area contributed by atoms with E-state index in [9.17, 15) is 4.79 Å². The Bertz CT molecular complexity index is 215. The molecule has 0 aliphatic heterocycles. The molecular weight excluding hydrogens is 154 g/mol. The summed E-state index contributed by atoms with van der Waals surface area (Å²) >= 11 is 0. The lowest BCUT2D eigenvalue weighted by atomic mass is 10.1. The molecule has 0 amide bonds. The van der Waals surface area contributed by atoms with E-state index >= 15 is 0 Å². The van der Waals surface area contributed by atoms with Gasteiger partial charge in [0.25, 0.3) is 0 Å². The third-order valence-electron chi connectivity index (χ3n) is 1.39. The summed E-state index contributed by atoms with van der Waals surface area (Å²) in [5.74, 6) is -0.371. The predicted molar refractivity (Wildman–Crippen MR) is 45.2 cm³/mol. The molecule has 12 heavy (non-hydrogen) atoms. The second-order valence-corrected chi connectivity index (χ2v) is 2.52. The Balaban J connectivity index is 4.14. The van der Waals surface area contributed by atoms with Gasteiger partial charge in [-0.25, -0.2) is 0 Å². The zero-order chi connectivity index (χ0) is 9.56. The minimum Gasteiger partial charge on any atom is -0.457 e. The van der Waals surface area contributed by atoms with Crippen LogP contribution in [0.4, 0.5) is 0 Å². The minimum atomic E-state index is -0.433. The fourth-order valence-corrected chi connectivity index (χ4v) is 0.839. The van der Waals surface area contributed by atoms with Crippen LogP contribution in [-0.2, 0) is 9.53 Å². The normalized spacial score (nSPS) is 11.4. The Hall–Kier alpha value is -1.30. The van der Waals surface area contributed by atoms with Gasteiger partial charge in [0.2, 0.25) is 0 Å². The molecule has 0 rings (SSSR count). The van der Waals surface area contributed by atoms with Gasteiger partial charge in [0.05, 0.1) is 11.6 Å². The van der Waals surface area contributed by atoms with Crippen molar-refractivity contribution < 1.29 is 9.53 Å². The number of carbonyl (C=O) groups excluding carboxylic acids is 1.